The van der Waals surface area contributed by atoms with Gasteiger partial charge in [0.25, 0.3) is 0 Å². The number of anilines is 2. The van der Waals surface area contributed by atoms with Crippen molar-refractivity contribution in [2.24, 2.45) is 0 Å². The van der Waals surface area contributed by atoms with Gasteiger partial charge in [0, 0.05) is 16.4 Å². The highest BCUT2D eigenvalue weighted by Crippen LogP contribution is 2.18. The molecular formula is C18H21ClN2O2. The third-order valence-electron chi connectivity index (χ3n) is 3.33. The second-order valence-corrected chi connectivity index (χ2v) is 5.71. The van der Waals surface area contributed by atoms with Crippen LogP contribution in [0.3, 0.4) is 0 Å². The normalized spacial score (nSPS) is 11.6. The Bertz CT molecular complexity index is 644. The minimum absolute atomic E-state index is 0.132. The first-order valence-electron chi connectivity index (χ1n) is 7.63. The first kappa shape index (κ1) is 17.2. The van der Waals surface area contributed by atoms with E-state index in [1.165, 1.54) is 0 Å². The highest BCUT2D eigenvalue weighted by atomic mass is 35.5. The lowest BCUT2D eigenvalue weighted by atomic mass is 10.2. The van der Waals surface area contributed by atoms with Gasteiger partial charge in [0.2, 0.25) is 5.91 Å². The predicted molar refractivity (Wildman–Crippen MR) is 95.4 cm³/mol. The second-order valence-electron chi connectivity index (χ2n) is 5.27. The Morgan fingerprint density at radius 1 is 1.17 bits per heavy atom. The molecule has 0 radical (unpaired) electrons. The van der Waals surface area contributed by atoms with Crippen molar-refractivity contribution in [3.63, 3.8) is 0 Å². The Morgan fingerprint density at radius 3 is 2.57 bits per heavy atom. The zero-order chi connectivity index (χ0) is 16.7. The average molecular weight is 333 g/mol. The molecule has 0 bridgehead atoms. The van der Waals surface area contributed by atoms with Crippen molar-refractivity contribution in [1.29, 1.82) is 0 Å². The third kappa shape index (κ3) is 5.83. The molecule has 2 rings (SSSR count). The number of benzene rings is 2. The second kappa shape index (κ2) is 8.44. The summed E-state index contributed by atoms with van der Waals surface area (Å²) in [4.78, 5) is 11.9. The summed E-state index contributed by atoms with van der Waals surface area (Å²) in [5.41, 5.74) is 1.55. The first-order chi connectivity index (χ1) is 11.1. The molecule has 5 heteroatoms. The van der Waals surface area contributed by atoms with Gasteiger partial charge >= 0.3 is 0 Å². The number of amides is 1. The number of nitrogens with one attached hydrogen (secondary N) is 2. The minimum atomic E-state index is -0.132. The molecule has 0 saturated carbocycles. The molecular weight excluding hydrogens is 312 g/mol. The number of carbonyl (C=O) groups excluding carboxylic acids is 1. The lowest BCUT2D eigenvalue weighted by Gasteiger charge is -2.13. The van der Waals surface area contributed by atoms with Gasteiger partial charge < -0.3 is 15.4 Å². The van der Waals surface area contributed by atoms with Crippen LogP contribution in [0.25, 0.3) is 0 Å². The van der Waals surface area contributed by atoms with Crippen LogP contribution < -0.4 is 15.4 Å². The molecule has 0 fully saturated rings. The molecule has 0 aliphatic carbocycles. The van der Waals surface area contributed by atoms with E-state index in [1.807, 2.05) is 31.2 Å². The van der Waals surface area contributed by atoms with Crippen LogP contribution in [0.4, 0.5) is 11.4 Å². The van der Waals surface area contributed by atoms with Gasteiger partial charge in [0.05, 0.1) is 12.6 Å². The molecule has 1 unspecified atom stereocenters. The quantitative estimate of drug-likeness (QED) is 0.781. The molecule has 0 heterocycles. The van der Waals surface area contributed by atoms with Crippen molar-refractivity contribution < 1.29 is 9.53 Å². The number of carbonyl (C=O) groups is 1. The van der Waals surface area contributed by atoms with Crippen molar-refractivity contribution in [2.45, 2.75) is 26.4 Å². The fourth-order valence-corrected chi connectivity index (χ4v) is 2.11. The summed E-state index contributed by atoms with van der Waals surface area (Å²) < 4.78 is 5.71. The monoisotopic (exact) mass is 332 g/mol. The van der Waals surface area contributed by atoms with Crippen molar-refractivity contribution >= 4 is 28.9 Å². The molecule has 122 valence electrons. The standard InChI is InChI=1S/C18H21ClN2O2/c1-3-13(2)23-17-9-7-15(8-10-17)20-12-18(22)21-16-6-4-5-14(19)11-16/h4-11,13,20H,3,12H2,1-2H3,(H,21,22). The van der Waals surface area contributed by atoms with E-state index < -0.39 is 0 Å². The molecule has 2 aromatic carbocycles. The number of hydrogen-bond acceptors (Lipinski definition) is 3. The summed E-state index contributed by atoms with van der Waals surface area (Å²) in [6.45, 7) is 4.30. The highest BCUT2D eigenvalue weighted by Gasteiger charge is 2.04. The van der Waals surface area contributed by atoms with E-state index in [2.05, 4.69) is 17.6 Å². The predicted octanol–water partition coefficient (Wildman–Crippen LogP) is 4.57. The summed E-state index contributed by atoms with van der Waals surface area (Å²) in [5.74, 6) is 0.695. The van der Waals surface area contributed by atoms with E-state index >= 15 is 0 Å². The van der Waals surface area contributed by atoms with Crippen LogP contribution in [0.5, 0.6) is 5.75 Å². The Balaban J connectivity index is 1.82. The zero-order valence-corrected chi connectivity index (χ0v) is 14.1. The van der Waals surface area contributed by atoms with Crippen LogP contribution in [-0.2, 0) is 4.79 Å². The smallest absolute Gasteiger partial charge is 0.243 e. The van der Waals surface area contributed by atoms with Gasteiger partial charge in [-0.1, -0.05) is 24.6 Å². The van der Waals surface area contributed by atoms with E-state index in [0.717, 1.165) is 17.9 Å². The van der Waals surface area contributed by atoms with Crippen LogP contribution >= 0.6 is 11.6 Å². The summed E-state index contributed by atoms with van der Waals surface area (Å²) >= 11 is 5.88. The van der Waals surface area contributed by atoms with Gasteiger partial charge in [-0.15, -0.1) is 0 Å². The Hall–Kier alpha value is -2.20. The van der Waals surface area contributed by atoms with Gasteiger partial charge in [-0.25, -0.2) is 0 Å². The van der Waals surface area contributed by atoms with E-state index in [0.29, 0.717) is 10.7 Å². The van der Waals surface area contributed by atoms with Gasteiger partial charge in [-0.2, -0.15) is 0 Å². The Labute approximate surface area is 141 Å². The van der Waals surface area contributed by atoms with E-state index in [4.69, 9.17) is 16.3 Å². The van der Waals surface area contributed by atoms with Crippen LogP contribution in [0, 0.1) is 0 Å². The number of halogens is 1. The molecule has 0 aliphatic heterocycles. The SMILES string of the molecule is CCC(C)Oc1ccc(NCC(=O)Nc2cccc(Cl)c2)cc1. The average Bonchev–Trinajstić information content (AvgIpc) is 2.54. The van der Waals surface area contributed by atoms with E-state index in [-0.39, 0.29) is 18.6 Å². The van der Waals surface area contributed by atoms with Crippen LogP contribution in [0.2, 0.25) is 5.02 Å². The van der Waals surface area contributed by atoms with Crippen molar-refractivity contribution in [1.82, 2.24) is 0 Å². The molecule has 23 heavy (non-hydrogen) atoms. The van der Waals surface area contributed by atoms with E-state index in [1.54, 1.807) is 24.3 Å². The van der Waals surface area contributed by atoms with E-state index in [9.17, 15) is 4.79 Å². The maximum atomic E-state index is 11.9. The number of ether oxygens (including phenoxy) is 1. The molecule has 2 N–H and O–H groups in total. The Kier molecular flexibility index (Phi) is 6.29. The molecule has 2 aromatic rings. The zero-order valence-electron chi connectivity index (χ0n) is 13.3. The topological polar surface area (TPSA) is 50.4 Å². The lowest BCUT2D eigenvalue weighted by Crippen LogP contribution is -2.21. The van der Waals surface area contributed by atoms with Gasteiger partial charge in [-0.3, -0.25) is 4.79 Å². The molecule has 0 spiro atoms. The summed E-state index contributed by atoms with van der Waals surface area (Å²) in [7, 11) is 0. The van der Waals surface area contributed by atoms with Crippen LogP contribution in [0.1, 0.15) is 20.3 Å². The number of hydrogen-bond donors (Lipinski definition) is 2. The van der Waals surface area contributed by atoms with Crippen LogP contribution in [-0.4, -0.2) is 18.6 Å². The maximum Gasteiger partial charge on any atom is 0.243 e. The molecule has 0 saturated heterocycles. The number of rotatable bonds is 7. The third-order valence-corrected chi connectivity index (χ3v) is 3.56. The molecule has 0 aliphatic rings. The minimum Gasteiger partial charge on any atom is -0.491 e. The molecule has 1 amide bonds. The fourth-order valence-electron chi connectivity index (χ4n) is 1.92. The van der Waals surface area contributed by atoms with Crippen molar-refractivity contribution in [3.8, 4) is 5.75 Å². The van der Waals surface area contributed by atoms with Gasteiger partial charge in [-0.05, 0) is 55.8 Å². The highest BCUT2D eigenvalue weighted by molar-refractivity contribution is 6.30. The van der Waals surface area contributed by atoms with Crippen molar-refractivity contribution in [2.75, 3.05) is 17.2 Å². The molecule has 0 aromatic heterocycles. The lowest BCUT2D eigenvalue weighted by molar-refractivity contribution is -0.114. The van der Waals surface area contributed by atoms with Crippen molar-refractivity contribution in [3.05, 3.63) is 53.6 Å². The van der Waals surface area contributed by atoms with Gasteiger partial charge in [0.1, 0.15) is 5.75 Å². The summed E-state index contributed by atoms with van der Waals surface area (Å²) in [6.07, 6.45) is 1.15. The fraction of sp³-hybridized carbons (Fsp3) is 0.278. The maximum absolute atomic E-state index is 11.9. The molecule has 1 atom stereocenters. The summed E-state index contributed by atoms with van der Waals surface area (Å²) in [6, 6.07) is 14.6. The summed E-state index contributed by atoms with van der Waals surface area (Å²) in [5, 5.41) is 6.45. The Morgan fingerprint density at radius 2 is 1.91 bits per heavy atom. The molecule has 4 nitrogen and oxygen atoms in total. The first-order valence-corrected chi connectivity index (χ1v) is 8.00. The van der Waals surface area contributed by atoms with Crippen LogP contribution in [0.15, 0.2) is 48.5 Å². The largest absolute Gasteiger partial charge is 0.491 e. The van der Waals surface area contributed by atoms with Gasteiger partial charge in [0.15, 0.2) is 0 Å².